The largest absolute Gasteiger partial charge is 0.233 e. The second-order valence-electron chi connectivity index (χ2n) is 2.72. The number of allylic oxidation sites excluding steroid dienone is 3. The van der Waals surface area contributed by atoms with Gasteiger partial charge in [-0.3, -0.25) is 0 Å². The third-order valence-corrected chi connectivity index (χ3v) is 2.65. The highest BCUT2D eigenvalue weighted by atomic mass is 31.0. The summed E-state index contributed by atoms with van der Waals surface area (Å²) in [6, 6.07) is 0. The van der Waals surface area contributed by atoms with Gasteiger partial charge in [0, 0.05) is 5.66 Å². The minimum absolute atomic E-state index is 0.0382. The molecule has 2 unspecified atom stereocenters. The Kier molecular flexibility index (Phi) is 3.14. The third-order valence-electron chi connectivity index (χ3n) is 1.98. The van der Waals surface area contributed by atoms with E-state index in [1.807, 2.05) is 0 Å². The zero-order valence-electron chi connectivity index (χ0n) is 6.79. The summed E-state index contributed by atoms with van der Waals surface area (Å²) in [6.45, 7) is 0. The van der Waals surface area contributed by atoms with Gasteiger partial charge < -0.3 is 0 Å². The predicted molar refractivity (Wildman–Crippen MR) is 50.4 cm³/mol. The molecule has 4 heteroatoms. The zero-order chi connectivity index (χ0) is 9.84. The van der Waals surface area contributed by atoms with Crippen LogP contribution in [0.5, 0.6) is 0 Å². The Morgan fingerprint density at radius 3 is 2.31 bits per heavy atom. The molecule has 1 saturated carbocycles. The van der Waals surface area contributed by atoms with Gasteiger partial charge in [0.05, 0.1) is 16.7 Å². The molecule has 0 bridgehead atoms. The molecule has 0 aromatic carbocycles. The summed E-state index contributed by atoms with van der Waals surface area (Å²) in [5, 5.41) is 0. The lowest BCUT2D eigenvalue weighted by molar-refractivity contribution is 0.558. The maximum absolute atomic E-state index is 10.5. The molecule has 0 aromatic heterocycles. The van der Waals surface area contributed by atoms with E-state index in [9.17, 15) is 14.4 Å². The first kappa shape index (κ1) is 9.86. The first-order chi connectivity index (χ1) is 6.24. The van der Waals surface area contributed by atoms with E-state index in [1.165, 1.54) is 0 Å². The number of carbonyl (C=O) groups excluding carboxylic acids is 3. The minimum Gasteiger partial charge on any atom is -0.233 e. The van der Waals surface area contributed by atoms with Gasteiger partial charge in [-0.15, -0.1) is 9.24 Å². The molecule has 1 aliphatic carbocycles. The van der Waals surface area contributed by atoms with Gasteiger partial charge in [0.1, 0.15) is 17.8 Å². The van der Waals surface area contributed by atoms with Crippen molar-refractivity contribution in [1.29, 1.82) is 0 Å². The Bertz CT molecular complexity index is 378. The highest BCUT2D eigenvalue weighted by Crippen LogP contribution is 2.33. The van der Waals surface area contributed by atoms with Crippen molar-refractivity contribution >= 4 is 27.1 Å². The van der Waals surface area contributed by atoms with Gasteiger partial charge in [0.15, 0.2) is 0 Å². The van der Waals surface area contributed by atoms with Crippen molar-refractivity contribution in [2.24, 2.45) is 0 Å². The van der Waals surface area contributed by atoms with E-state index >= 15 is 0 Å². The Morgan fingerprint density at radius 1 is 1.15 bits per heavy atom. The molecule has 0 amide bonds. The van der Waals surface area contributed by atoms with Gasteiger partial charge in [-0.05, 0) is 12.8 Å². The normalized spacial score (nSPS) is 21.9. The molecule has 1 rings (SSSR count). The molecule has 1 fully saturated rings. The molecular formula is C9H7O3P. The van der Waals surface area contributed by atoms with Crippen molar-refractivity contribution in [3.8, 4) is 0 Å². The van der Waals surface area contributed by atoms with Gasteiger partial charge in [-0.1, -0.05) is 0 Å². The topological polar surface area (TPSA) is 51.2 Å². The van der Waals surface area contributed by atoms with E-state index < -0.39 is 0 Å². The van der Waals surface area contributed by atoms with Crippen LogP contribution >= 0.6 is 9.24 Å². The number of rotatable bonds is 0. The van der Waals surface area contributed by atoms with Gasteiger partial charge in [-0.2, -0.15) is 0 Å². The Hall–Kier alpha value is -1.22. The summed E-state index contributed by atoms with van der Waals surface area (Å²) in [6.07, 6.45) is 1.11. The zero-order valence-corrected chi connectivity index (χ0v) is 7.95. The van der Waals surface area contributed by atoms with Crippen LogP contribution in [-0.4, -0.2) is 23.5 Å². The van der Waals surface area contributed by atoms with E-state index in [0.717, 1.165) is 0 Å². The molecule has 0 aromatic rings. The average molecular weight is 194 g/mol. The average Bonchev–Trinajstić information content (AvgIpc) is 2.17. The molecule has 2 atom stereocenters. The smallest absolute Gasteiger partial charge is 0.134 e. The molecular weight excluding hydrogens is 187 g/mol. The first-order valence-electron chi connectivity index (χ1n) is 3.75. The fourth-order valence-electron chi connectivity index (χ4n) is 1.26. The van der Waals surface area contributed by atoms with Crippen molar-refractivity contribution in [3.63, 3.8) is 0 Å². The molecule has 0 saturated heterocycles. The standard InChI is InChI=1S/C9H7O3P/c10-3-6-1-2-9(13)8(5-12)7(6)4-11/h9H,1-2,13H2. The van der Waals surface area contributed by atoms with Gasteiger partial charge >= 0.3 is 0 Å². The van der Waals surface area contributed by atoms with E-state index in [4.69, 9.17) is 0 Å². The molecule has 13 heavy (non-hydrogen) atoms. The van der Waals surface area contributed by atoms with Gasteiger partial charge in [0.25, 0.3) is 0 Å². The van der Waals surface area contributed by atoms with Crippen molar-refractivity contribution in [3.05, 3.63) is 16.7 Å². The predicted octanol–water partition coefficient (Wildman–Crippen LogP) is 0.298. The van der Waals surface area contributed by atoms with Crippen LogP contribution in [0.1, 0.15) is 12.8 Å². The van der Waals surface area contributed by atoms with Crippen LogP contribution in [0.2, 0.25) is 0 Å². The summed E-state index contributed by atoms with van der Waals surface area (Å²) in [7, 11) is 2.44. The van der Waals surface area contributed by atoms with Crippen molar-refractivity contribution in [2.45, 2.75) is 18.5 Å². The van der Waals surface area contributed by atoms with Crippen LogP contribution in [0.3, 0.4) is 0 Å². The maximum atomic E-state index is 10.5. The Labute approximate surface area is 77.4 Å². The van der Waals surface area contributed by atoms with Crippen LogP contribution in [0, 0.1) is 0 Å². The highest BCUT2D eigenvalue weighted by Gasteiger charge is 2.26. The lowest BCUT2D eigenvalue weighted by Gasteiger charge is -2.19. The van der Waals surface area contributed by atoms with E-state index in [0.29, 0.717) is 12.8 Å². The molecule has 0 radical (unpaired) electrons. The van der Waals surface area contributed by atoms with Crippen LogP contribution in [0.15, 0.2) is 16.7 Å². The molecule has 0 heterocycles. The second-order valence-corrected chi connectivity index (χ2v) is 3.52. The van der Waals surface area contributed by atoms with E-state index in [-0.39, 0.29) is 22.4 Å². The van der Waals surface area contributed by atoms with Gasteiger partial charge in [-0.25, -0.2) is 14.4 Å². The summed E-state index contributed by atoms with van der Waals surface area (Å²) >= 11 is 0. The van der Waals surface area contributed by atoms with Crippen LogP contribution in [0.25, 0.3) is 0 Å². The molecule has 0 aliphatic heterocycles. The first-order valence-corrected chi connectivity index (χ1v) is 4.41. The summed E-state index contributed by atoms with van der Waals surface area (Å²) in [5.74, 6) is 4.90. The lowest BCUT2D eigenvalue weighted by atomic mass is 9.87. The maximum Gasteiger partial charge on any atom is 0.134 e. The Morgan fingerprint density at radius 2 is 1.85 bits per heavy atom. The number of hydrogen-bond acceptors (Lipinski definition) is 3. The van der Waals surface area contributed by atoms with Gasteiger partial charge in [0.2, 0.25) is 0 Å². The summed E-state index contributed by atoms with van der Waals surface area (Å²) in [5.41, 5.74) is 0.374. The van der Waals surface area contributed by atoms with Crippen LogP contribution < -0.4 is 0 Å². The minimum atomic E-state index is -0.106. The molecule has 1 aliphatic rings. The highest BCUT2D eigenvalue weighted by molar-refractivity contribution is 7.18. The number of hydrogen-bond donors (Lipinski definition) is 0. The van der Waals surface area contributed by atoms with Crippen molar-refractivity contribution in [2.75, 3.05) is 0 Å². The molecule has 0 spiro atoms. The fraction of sp³-hybridized carbons (Fsp3) is 0.333. The SMILES string of the molecule is O=C=C1CCC(P)C(=C=O)C1=C=O. The van der Waals surface area contributed by atoms with Crippen molar-refractivity contribution in [1.82, 2.24) is 0 Å². The molecule has 66 valence electrons. The van der Waals surface area contributed by atoms with Crippen LogP contribution in [0.4, 0.5) is 0 Å². The quantitative estimate of drug-likeness (QED) is 0.411. The monoisotopic (exact) mass is 194 g/mol. The molecule has 0 N–H and O–H groups in total. The summed E-state index contributed by atoms with van der Waals surface area (Å²) < 4.78 is 0. The lowest BCUT2D eigenvalue weighted by Crippen LogP contribution is -2.15. The second kappa shape index (κ2) is 4.14. The Balaban J connectivity index is 3.28. The third kappa shape index (κ3) is 1.75. The summed E-state index contributed by atoms with van der Waals surface area (Å²) in [4.78, 5) is 31.3. The van der Waals surface area contributed by atoms with Crippen molar-refractivity contribution < 1.29 is 14.4 Å². The van der Waals surface area contributed by atoms with E-state index in [2.05, 4.69) is 9.24 Å². The fourth-order valence-corrected chi connectivity index (χ4v) is 1.66. The van der Waals surface area contributed by atoms with E-state index in [1.54, 1.807) is 17.8 Å². The van der Waals surface area contributed by atoms with Crippen LogP contribution in [-0.2, 0) is 14.4 Å². The molecule has 3 nitrogen and oxygen atoms in total.